The number of para-hydroxylation sites is 3. The SMILES string of the molecule is COc1ccccc1N1CCC(NCc2cccc3cn[nH]c23)C1. The lowest BCUT2D eigenvalue weighted by molar-refractivity contribution is 0.414. The van der Waals surface area contributed by atoms with Crippen molar-refractivity contribution in [2.75, 3.05) is 25.1 Å². The number of fused-ring (bicyclic) bond motifs is 1. The number of nitrogens with zero attached hydrogens (tertiary/aromatic N) is 2. The molecular weight excluding hydrogens is 300 g/mol. The molecule has 2 heterocycles. The smallest absolute Gasteiger partial charge is 0.142 e. The lowest BCUT2D eigenvalue weighted by Gasteiger charge is -2.21. The van der Waals surface area contributed by atoms with E-state index < -0.39 is 0 Å². The molecule has 0 amide bonds. The van der Waals surface area contributed by atoms with Crippen LogP contribution in [0.25, 0.3) is 10.9 Å². The number of aromatic nitrogens is 2. The van der Waals surface area contributed by atoms with E-state index in [9.17, 15) is 0 Å². The Bertz CT molecular complexity index is 829. The van der Waals surface area contributed by atoms with E-state index in [-0.39, 0.29) is 0 Å². The summed E-state index contributed by atoms with van der Waals surface area (Å²) in [5.74, 6) is 0.945. The van der Waals surface area contributed by atoms with E-state index in [4.69, 9.17) is 4.74 Å². The zero-order valence-corrected chi connectivity index (χ0v) is 13.8. The van der Waals surface area contributed by atoms with Crippen LogP contribution in [0.1, 0.15) is 12.0 Å². The minimum absolute atomic E-state index is 0.480. The first-order valence-corrected chi connectivity index (χ1v) is 8.37. The summed E-state index contributed by atoms with van der Waals surface area (Å²) in [7, 11) is 1.73. The monoisotopic (exact) mass is 322 g/mol. The van der Waals surface area contributed by atoms with E-state index in [1.54, 1.807) is 7.11 Å². The molecule has 3 aromatic rings. The van der Waals surface area contributed by atoms with Gasteiger partial charge in [0, 0.05) is 31.1 Å². The Morgan fingerprint density at radius 2 is 2.17 bits per heavy atom. The van der Waals surface area contributed by atoms with Crippen molar-refractivity contribution in [1.82, 2.24) is 15.5 Å². The number of H-pyrrole nitrogens is 1. The van der Waals surface area contributed by atoms with Gasteiger partial charge >= 0.3 is 0 Å². The maximum Gasteiger partial charge on any atom is 0.142 e. The van der Waals surface area contributed by atoms with E-state index in [1.165, 1.54) is 11.3 Å². The minimum atomic E-state index is 0.480. The fourth-order valence-electron chi connectivity index (χ4n) is 3.47. The van der Waals surface area contributed by atoms with Gasteiger partial charge in [-0.05, 0) is 24.1 Å². The van der Waals surface area contributed by atoms with Crippen molar-refractivity contribution < 1.29 is 4.74 Å². The topological polar surface area (TPSA) is 53.2 Å². The molecule has 2 aromatic carbocycles. The van der Waals surface area contributed by atoms with Gasteiger partial charge in [-0.3, -0.25) is 5.10 Å². The predicted octanol–water partition coefficient (Wildman–Crippen LogP) is 2.94. The Kier molecular flexibility index (Phi) is 4.09. The molecule has 0 spiro atoms. The van der Waals surface area contributed by atoms with Crippen molar-refractivity contribution in [2.24, 2.45) is 0 Å². The molecule has 1 unspecified atom stereocenters. The van der Waals surface area contributed by atoms with Crippen LogP contribution in [0.2, 0.25) is 0 Å². The van der Waals surface area contributed by atoms with E-state index in [0.717, 1.165) is 42.7 Å². The van der Waals surface area contributed by atoms with Crippen LogP contribution in [0.15, 0.2) is 48.7 Å². The summed E-state index contributed by atoms with van der Waals surface area (Å²) in [6, 6.07) is 15.0. The molecule has 1 aromatic heterocycles. The van der Waals surface area contributed by atoms with Gasteiger partial charge in [-0.15, -0.1) is 0 Å². The van der Waals surface area contributed by atoms with Gasteiger partial charge in [-0.25, -0.2) is 0 Å². The molecule has 1 fully saturated rings. The highest BCUT2D eigenvalue weighted by molar-refractivity contribution is 5.81. The number of rotatable bonds is 5. The summed E-state index contributed by atoms with van der Waals surface area (Å²) in [6.45, 7) is 2.90. The fraction of sp³-hybridized carbons (Fsp3) is 0.316. The molecule has 0 radical (unpaired) electrons. The van der Waals surface area contributed by atoms with Crippen molar-refractivity contribution >= 4 is 16.6 Å². The van der Waals surface area contributed by atoms with Gasteiger partial charge in [0.05, 0.1) is 24.5 Å². The highest BCUT2D eigenvalue weighted by atomic mass is 16.5. The van der Waals surface area contributed by atoms with Crippen LogP contribution in [0, 0.1) is 0 Å². The minimum Gasteiger partial charge on any atom is -0.495 e. The molecule has 5 heteroatoms. The standard InChI is InChI=1S/C19H22N4O/c1-24-18-8-3-2-7-17(18)23-10-9-16(13-23)20-11-14-5-4-6-15-12-21-22-19(14)15/h2-8,12,16,20H,9-11,13H2,1H3,(H,21,22). The Balaban J connectivity index is 1.42. The van der Waals surface area contributed by atoms with E-state index in [2.05, 4.69) is 50.7 Å². The largest absolute Gasteiger partial charge is 0.495 e. The molecule has 0 aliphatic carbocycles. The third-order valence-corrected chi connectivity index (χ3v) is 4.76. The molecule has 1 atom stereocenters. The number of nitrogens with one attached hydrogen (secondary N) is 2. The average Bonchev–Trinajstić information content (AvgIpc) is 3.29. The summed E-state index contributed by atoms with van der Waals surface area (Å²) in [4.78, 5) is 2.40. The van der Waals surface area contributed by atoms with Crippen LogP contribution >= 0.6 is 0 Å². The van der Waals surface area contributed by atoms with Crippen LogP contribution < -0.4 is 15.0 Å². The molecule has 0 bridgehead atoms. The predicted molar refractivity (Wildman–Crippen MR) is 96.5 cm³/mol. The first-order chi connectivity index (χ1) is 11.8. The first kappa shape index (κ1) is 15.0. The van der Waals surface area contributed by atoms with Crippen molar-refractivity contribution in [3.63, 3.8) is 0 Å². The quantitative estimate of drug-likeness (QED) is 0.758. The molecule has 124 valence electrons. The highest BCUT2D eigenvalue weighted by Crippen LogP contribution is 2.30. The van der Waals surface area contributed by atoms with Gasteiger partial charge in [0.25, 0.3) is 0 Å². The third-order valence-electron chi connectivity index (χ3n) is 4.76. The molecular formula is C19H22N4O. The van der Waals surface area contributed by atoms with Crippen molar-refractivity contribution in [3.05, 3.63) is 54.2 Å². The molecule has 1 aliphatic heterocycles. The molecule has 0 saturated carbocycles. The summed E-state index contributed by atoms with van der Waals surface area (Å²) in [5.41, 5.74) is 3.57. The summed E-state index contributed by atoms with van der Waals surface area (Å²) < 4.78 is 5.49. The highest BCUT2D eigenvalue weighted by Gasteiger charge is 2.24. The number of benzene rings is 2. The van der Waals surface area contributed by atoms with Crippen molar-refractivity contribution in [1.29, 1.82) is 0 Å². The van der Waals surface area contributed by atoms with Crippen LogP contribution in [-0.2, 0) is 6.54 Å². The van der Waals surface area contributed by atoms with Gasteiger partial charge < -0.3 is 15.0 Å². The van der Waals surface area contributed by atoms with Gasteiger partial charge in [-0.1, -0.05) is 30.3 Å². The number of hydrogen-bond acceptors (Lipinski definition) is 4. The number of anilines is 1. The van der Waals surface area contributed by atoms with Gasteiger partial charge in [-0.2, -0.15) is 5.10 Å². The molecule has 1 saturated heterocycles. The lowest BCUT2D eigenvalue weighted by atomic mass is 10.1. The first-order valence-electron chi connectivity index (χ1n) is 8.37. The fourth-order valence-corrected chi connectivity index (χ4v) is 3.47. The molecule has 5 nitrogen and oxygen atoms in total. The van der Waals surface area contributed by atoms with Crippen LogP contribution in [0.5, 0.6) is 5.75 Å². The maximum atomic E-state index is 5.49. The van der Waals surface area contributed by atoms with Gasteiger partial charge in [0.1, 0.15) is 5.75 Å². The summed E-state index contributed by atoms with van der Waals surface area (Å²) in [6.07, 6.45) is 3.01. The van der Waals surface area contributed by atoms with E-state index in [0.29, 0.717) is 6.04 Å². The summed E-state index contributed by atoms with van der Waals surface area (Å²) >= 11 is 0. The average molecular weight is 322 g/mol. The van der Waals surface area contributed by atoms with E-state index >= 15 is 0 Å². The van der Waals surface area contributed by atoms with Crippen LogP contribution in [0.4, 0.5) is 5.69 Å². The molecule has 4 rings (SSSR count). The molecule has 2 N–H and O–H groups in total. The Hall–Kier alpha value is -2.53. The number of methoxy groups -OCH3 is 1. The van der Waals surface area contributed by atoms with Gasteiger partial charge in [0.15, 0.2) is 0 Å². The Morgan fingerprint density at radius 1 is 1.25 bits per heavy atom. The zero-order valence-electron chi connectivity index (χ0n) is 13.8. The summed E-state index contributed by atoms with van der Waals surface area (Å²) in [5, 5.41) is 12.1. The second-order valence-corrected chi connectivity index (χ2v) is 6.24. The second kappa shape index (κ2) is 6.53. The van der Waals surface area contributed by atoms with Crippen LogP contribution in [0.3, 0.4) is 0 Å². The number of aromatic amines is 1. The number of ether oxygens (including phenoxy) is 1. The zero-order chi connectivity index (χ0) is 16.4. The third kappa shape index (κ3) is 2.83. The van der Waals surface area contributed by atoms with E-state index in [1.807, 2.05) is 18.3 Å². The normalized spacial score (nSPS) is 17.5. The Labute approximate surface area is 141 Å². The van der Waals surface area contributed by atoms with Crippen molar-refractivity contribution in [2.45, 2.75) is 19.0 Å². The Morgan fingerprint density at radius 3 is 3.08 bits per heavy atom. The van der Waals surface area contributed by atoms with Crippen molar-refractivity contribution in [3.8, 4) is 5.75 Å². The van der Waals surface area contributed by atoms with Crippen LogP contribution in [-0.4, -0.2) is 36.4 Å². The molecule has 24 heavy (non-hydrogen) atoms. The number of hydrogen-bond donors (Lipinski definition) is 2. The molecule has 1 aliphatic rings. The van der Waals surface area contributed by atoms with Gasteiger partial charge in [0.2, 0.25) is 0 Å². The second-order valence-electron chi connectivity index (χ2n) is 6.24. The lowest BCUT2D eigenvalue weighted by Crippen LogP contribution is -2.32. The maximum absolute atomic E-state index is 5.49.